The predicted octanol–water partition coefficient (Wildman–Crippen LogP) is 1.23. The van der Waals surface area contributed by atoms with Crippen LogP contribution in [0.4, 0.5) is 0 Å². The fourth-order valence-electron chi connectivity index (χ4n) is 2.62. The monoisotopic (exact) mass is 303 g/mol. The molecule has 0 bridgehead atoms. The lowest BCUT2D eigenvalue weighted by atomic mass is 9.82. The van der Waals surface area contributed by atoms with Gasteiger partial charge in [0.15, 0.2) is 0 Å². The molecule has 120 valence electrons. The van der Waals surface area contributed by atoms with Gasteiger partial charge in [0.2, 0.25) is 5.91 Å². The Morgan fingerprint density at radius 1 is 1.18 bits per heavy atom. The van der Waals surface area contributed by atoms with Crippen LogP contribution in [0.25, 0.3) is 0 Å². The molecule has 2 rings (SSSR count). The first-order valence-electron chi connectivity index (χ1n) is 7.85. The molecule has 1 aliphatic rings. The largest absolute Gasteiger partial charge is 0.354 e. The van der Waals surface area contributed by atoms with Crippen molar-refractivity contribution in [2.75, 3.05) is 26.2 Å². The maximum atomic E-state index is 12.2. The van der Waals surface area contributed by atoms with Gasteiger partial charge in [0.1, 0.15) is 0 Å². The number of amides is 2. The van der Waals surface area contributed by atoms with Gasteiger partial charge in [0.25, 0.3) is 5.91 Å². The molecule has 1 heterocycles. The molecule has 1 fully saturated rings. The second kappa shape index (κ2) is 7.40. The zero-order chi connectivity index (χ0) is 16.0. The fourth-order valence-corrected chi connectivity index (χ4v) is 2.62. The molecule has 0 aromatic heterocycles. The van der Waals surface area contributed by atoms with Crippen LogP contribution >= 0.6 is 0 Å². The van der Waals surface area contributed by atoms with Crippen LogP contribution in [0.15, 0.2) is 24.3 Å². The number of benzene rings is 1. The highest BCUT2D eigenvalue weighted by atomic mass is 16.2. The zero-order valence-corrected chi connectivity index (χ0v) is 13.4. The van der Waals surface area contributed by atoms with E-state index in [2.05, 4.69) is 16.0 Å². The number of aryl methyl sites for hydroxylation is 1. The number of piperidine rings is 1. The Bertz CT molecular complexity index is 519. The molecular weight excluding hydrogens is 278 g/mol. The van der Waals surface area contributed by atoms with Crippen LogP contribution in [-0.2, 0) is 4.79 Å². The SMILES string of the molecule is Cc1ccc(C(=O)NCCNC(=O)C2(C)CCCNC2)cc1. The number of nitrogens with one attached hydrogen (secondary N) is 3. The fraction of sp³-hybridized carbons (Fsp3) is 0.529. The van der Waals surface area contributed by atoms with E-state index >= 15 is 0 Å². The molecule has 22 heavy (non-hydrogen) atoms. The molecule has 1 aromatic carbocycles. The third-order valence-electron chi connectivity index (χ3n) is 4.16. The highest BCUT2D eigenvalue weighted by Crippen LogP contribution is 2.25. The van der Waals surface area contributed by atoms with Crippen molar-refractivity contribution in [1.29, 1.82) is 0 Å². The van der Waals surface area contributed by atoms with Gasteiger partial charge in [0.05, 0.1) is 5.41 Å². The van der Waals surface area contributed by atoms with E-state index in [-0.39, 0.29) is 17.2 Å². The zero-order valence-electron chi connectivity index (χ0n) is 13.4. The summed E-state index contributed by atoms with van der Waals surface area (Å²) in [4.78, 5) is 24.1. The summed E-state index contributed by atoms with van der Waals surface area (Å²) < 4.78 is 0. The molecular formula is C17H25N3O2. The molecule has 2 amide bonds. The van der Waals surface area contributed by atoms with Gasteiger partial charge < -0.3 is 16.0 Å². The summed E-state index contributed by atoms with van der Waals surface area (Å²) in [5, 5.41) is 9.00. The average Bonchev–Trinajstić information content (AvgIpc) is 2.52. The van der Waals surface area contributed by atoms with Gasteiger partial charge in [-0.1, -0.05) is 17.7 Å². The van der Waals surface area contributed by atoms with Crippen molar-refractivity contribution < 1.29 is 9.59 Å². The minimum atomic E-state index is -0.334. The lowest BCUT2D eigenvalue weighted by molar-refractivity contribution is -0.131. The molecule has 1 aromatic rings. The Kier molecular flexibility index (Phi) is 5.55. The van der Waals surface area contributed by atoms with E-state index in [0.29, 0.717) is 25.2 Å². The van der Waals surface area contributed by atoms with Crippen molar-refractivity contribution in [2.24, 2.45) is 5.41 Å². The van der Waals surface area contributed by atoms with E-state index in [0.717, 1.165) is 24.9 Å². The van der Waals surface area contributed by atoms with Crippen molar-refractivity contribution in [2.45, 2.75) is 26.7 Å². The smallest absolute Gasteiger partial charge is 0.251 e. The van der Waals surface area contributed by atoms with E-state index in [9.17, 15) is 9.59 Å². The van der Waals surface area contributed by atoms with Gasteiger partial charge in [-0.25, -0.2) is 0 Å². The number of carbonyl (C=O) groups excluding carboxylic acids is 2. The molecule has 0 aliphatic carbocycles. The molecule has 0 spiro atoms. The van der Waals surface area contributed by atoms with Gasteiger partial charge in [-0.05, 0) is 45.4 Å². The average molecular weight is 303 g/mol. The quantitative estimate of drug-likeness (QED) is 0.717. The van der Waals surface area contributed by atoms with E-state index in [1.165, 1.54) is 0 Å². The molecule has 0 saturated carbocycles. The van der Waals surface area contributed by atoms with Gasteiger partial charge in [0, 0.05) is 25.2 Å². The molecule has 5 nitrogen and oxygen atoms in total. The van der Waals surface area contributed by atoms with Crippen LogP contribution in [-0.4, -0.2) is 38.0 Å². The Labute approximate surface area is 131 Å². The summed E-state index contributed by atoms with van der Waals surface area (Å²) in [6.45, 7) is 6.55. The first kappa shape index (κ1) is 16.5. The third-order valence-corrected chi connectivity index (χ3v) is 4.16. The standard InChI is InChI=1S/C17H25N3O2/c1-13-4-6-14(7-5-13)15(21)19-10-11-20-16(22)17(2)8-3-9-18-12-17/h4-7,18H,3,8-12H2,1-2H3,(H,19,21)(H,20,22). The Morgan fingerprint density at radius 3 is 2.50 bits per heavy atom. The lowest BCUT2D eigenvalue weighted by Crippen LogP contribution is -2.49. The van der Waals surface area contributed by atoms with E-state index in [4.69, 9.17) is 0 Å². The predicted molar refractivity (Wildman–Crippen MR) is 86.7 cm³/mol. The van der Waals surface area contributed by atoms with Crippen molar-refractivity contribution in [3.8, 4) is 0 Å². The number of carbonyl (C=O) groups is 2. The van der Waals surface area contributed by atoms with Gasteiger partial charge in [-0.3, -0.25) is 9.59 Å². The summed E-state index contributed by atoms with van der Waals surface area (Å²) in [5.74, 6) is -0.0518. The first-order chi connectivity index (χ1) is 10.5. The summed E-state index contributed by atoms with van der Waals surface area (Å²) >= 11 is 0. The van der Waals surface area contributed by atoms with Crippen LogP contribution in [0.1, 0.15) is 35.7 Å². The Balaban J connectivity index is 1.71. The number of rotatable bonds is 5. The normalized spacial score (nSPS) is 21.2. The second-order valence-corrected chi connectivity index (χ2v) is 6.22. The van der Waals surface area contributed by atoms with Gasteiger partial charge >= 0.3 is 0 Å². The van der Waals surface area contributed by atoms with Crippen molar-refractivity contribution >= 4 is 11.8 Å². The molecule has 0 radical (unpaired) electrons. The molecule has 3 N–H and O–H groups in total. The van der Waals surface area contributed by atoms with Gasteiger partial charge in [-0.2, -0.15) is 0 Å². The van der Waals surface area contributed by atoms with Crippen LogP contribution < -0.4 is 16.0 Å². The number of hydrogen-bond acceptors (Lipinski definition) is 3. The molecule has 1 saturated heterocycles. The summed E-state index contributed by atoms with van der Waals surface area (Å²) in [7, 11) is 0. The lowest BCUT2D eigenvalue weighted by Gasteiger charge is -2.32. The van der Waals surface area contributed by atoms with E-state index < -0.39 is 0 Å². The molecule has 5 heteroatoms. The van der Waals surface area contributed by atoms with Crippen molar-refractivity contribution in [3.05, 3.63) is 35.4 Å². The van der Waals surface area contributed by atoms with Crippen LogP contribution in [0.2, 0.25) is 0 Å². The first-order valence-corrected chi connectivity index (χ1v) is 7.85. The van der Waals surface area contributed by atoms with Crippen LogP contribution in [0, 0.1) is 12.3 Å². The Hall–Kier alpha value is -1.88. The van der Waals surface area contributed by atoms with Crippen molar-refractivity contribution in [3.63, 3.8) is 0 Å². The van der Waals surface area contributed by atoms with Crippen LogP contribution in [0.5, 0.6) is 0 Å². The topological polar surface area (TPSA) is 70.2 Å². The van der Waals surface area contributed by atoms with Crippen LogP contribution in [0.3, 0.4) is 0 Å². The highest BCUT2D eigenvalue weighted by Gasteiger charge is 2.34. The van der Waals surface area contributed by atoms with E-state index in [1.807, 2.05) is 26.0 Å². The van der Waals surface area contributed by atoms with Crippen molar-refractivity contribution in [1.82, 2.24) is 16.0 Å². The summed E-state index contributed by atoms with van der Waals surface area (Å²) in [6, 6.07) is 7.43. The van der Waals surface area contributed by atoms with E-state index in [1.54, 1.807) is 12.1 Å². The number of hydrogen-bond donors (Lipinski definition) is 3. The molecule has 1 atom stereocenters. The molecule has 1 aliphatic heterocycles. The Morgan fingerprint density at radius 2 is 1.86 bits per heavy atom. The highest BCUT2D eigenvalue weighted by molar-refractivity contribution is 5.94. The maximum absolute atomic E-state index is 12.2. The maximum Gasteiger partial charge on any atom is 0.251 e. The molecule has 1 unspecified atom stereocenters. The summed E-state index contributed by atoms with van der Waals surface area (Å²) in [6.07, 6.45) is 1.93. The minimum Gasteiger partial charge on any atom is -0.354 e. The third kappa shape index (κ3) is 4.31. The summed E-state index contributed by atoms with van der Waals surface area (Å²) in [5.41, 5.74) is 1.43. The van der Waals surface area contributed by atoms with Gasteiger partial charge in [-0.15, -0.1) is 0 Å². The second-order valence-electron chi connectivity index (χ2n) is 6.22. The minimum absolute atomic E-state index is 0.0595.